The van der Waals surface area contributed by atoms with Gasteiger partial charge in [-0.3, -0.25) is 9.78 Å². The summed E-state index contributed by atoms with van der Waals surface area (Å²) in [5.41, 5.74) is 0.926. The van der Waals surface area contributed by atoms with Crippen LogP contribution in [0.3, 0.4) is 0 Å². The summed E-state index contributed by atoms with van der Waals surface area (Å²) in [4.78, 5) is 16.4. The van der Waals surface area contributed by atoms with Crippen LogP contribution in [-0.4, -0.2) is 56.5 Å². The van der Waals surface area contributed by atoms with Crippen LogP contribution in [-0.2, 0) is 16.1 Å². The molecule has 3 rings (SSSR count). The van der Waals surface area contributed by atoms with Gasteiger partial charge in [-0.05, 0) is 35.9 Å². The number of ether oxygens (including phenoxy) is 2. The fourth-order valence-electron chi connectivity index (χ4n) is 2.47. The summed E-state index contributed by atoms with van der Waals surface area (Å²) in [6, 6.07) is 3.66. The van der Waals surface area contributed by atoms with Crippen molar-refractivity contribution >= 4 is 5.91 Å². The third-order valence-electron chi connectivity index (χ3n) is 3.78. The zero-order valence-corrected chi connectivity index (χ0v) is 13.5. The van der Waals surface area contributed by atoms with Crippen molar-refractivity contribution in [2.75, 3.05) is 13.2 Å². The lowest BCUT2D eigenvalue weighted by molar-refractivity contribution is -0.124. The van der Waals surface area contributed by atoms with E-state index in [1.165, 1.54) is 11.0 Å². The maximum atomic E-state index is 12.1. The molecule has 0 aromatic carbocycles. The zero-order valence-electron chi connectivity index (χ0n) is 13.5. The Morgan fingerprint density at radius 2 is 2.42 bits per heavy atom. The normalized spacial score (nSPS) is 20.5. The first-order valence-corrected chi connectivity index (χ1v) is 7.88. The first kappa shape index (κ1) is 16.3. The smallest absolute Gasteiger partial charge is 0.222 e. The Balaban J connectivity index is 1.53. The number of aromatic nitrogens is 5. The monoisotopic (exact) mass is 332 g/mol. The number of amides is 1. The molecule has 0 saturated carbocycles. The van der Waals surface area contributed by atoms with Crippen molar-refractivity contribution in [1.29, 1.82) is 0 Å². The van der Waals surface area contributed by atoms with Crippen molar-refractivity contribution in [1.82, 2.24) is 30.5 Å². The molecule has 1 saturated heterocycles. The van der Waals surface area contributed by atoms with E-state index < -0.39 is 0 Å². The molecule has 9 heteroatoms. The van der Waals surface area contributed by atoms with Crippen LogP contribution in [0.25, 0.3) is 0 Å². The minimum atomic E-state index is -0.236. The van der Waals surface area contributed by atoms with Gasteiger partial charge in [-0.2, -0.15) is 0 Å². The average molecular weight is 332 g/mol. The third kappa shape index (κ3) is 4.48. The second-order valence-corrected chi connectivity index (χ2v) is 5.65. The molecule has 0 aliphatic carbocycles. The minimum absolute atomic E-state index is 0.0620. The lowest BCUT2D eigenvalue weighted by atomic mass is 10.1. The maximum Gasteiger partial charge on any atom is 0.222 e. The van der Waals surface area contributed by atoms with Crippen LogP contribution in [0.2, 0.25) is 0 Å². The molecular weight excluding hydrogens is 312 g/mol. The van der Waals surface area contributed by atoms with Gasteiger partial charge < -0.3 is 14.8 Å². The Labute approximate surface area is 139 Å². The van der Waals surface area contributed by atoms with Crippen LogP contribution in [0.1, 0.15) is 18.5 Å². The van der Waals surface area contributed by atoms with E-state index in [0.29, 0.717) is 38.3 Å². The summed E-state index contributed by atoms with van der Waals surface area (Å²) < 4.78 is 12.9. The van der Waals surface area contributed by atoms with Gasteiger partial charge in [0.2, 0.25) is 5.91 Å². The molecule has 1 amide bonds. The standard InChI is InChI=1S/C15H20N6O3/c1-11-2-3-12(8-16-11)24-14-9-23-7-5-13(14)18-15(22)4-6-21-10-17-19-20-21/h2-3,8,10,13-14H,4-7,9H2,1H3,(H,18,22)/t13-,14+/m0/s1. The Morgan fingerprint density at radius 1 is 1.50 bits per heavy atom. The molecule has 1 aliphatic rings. The lowest BCUT2D eigenvalue weighted by Crippen LogP contribution is -2.51. The van der Waals surface area contributed by atoms with Gasteiger partial charge in [0, 0.05) is 18.7 Å². The van der Waals surface area contributed by atoms with E-state index in [4.69, 9.17) is 9.47 Å². The van der Waals surface area contributed by atoms with E-state index in [9.17, 15) is 4.79 Å². The number of aryl methyl sites for hydroxylation is 2. The summed E-state index contributed by atoms with van der Waals surface area (Å²) in [7, 11) is 0. The first-order chi connectivity index (χ1) is 11.7. The van der Waals surface area contributed by atoms with E-state index >= 15 is 0 Å². The number of nitrogens with one attached hydrogen (secondary N) is 1. The number of carbonyl (C=O) groups excluding carboxylic acids is 1. The summed E-state index contributed by atoms with van der Waals surface area (Å²) in [5, 5.41) is 13.8. The van der Waals surface area contributed by atoms with Crippen molar-refractivity contribution in [3.8, 4) is 5.75 Å². The number of pyridine rings is 1. The molecule has 0 radical (unpaired) electrons. The van der Waals surface area contributed by atoms with Crippen molar-refractivity contribution in [3.05, 3.63) is 30.4 Å². The molecule has 3 heterocycles. The average Bonchev–Trinajstić information content (AvgIpc) is 3.10. The quantitative estimate of drug-likeness (QED) is 0.801. The Morgan fingerprint density at radius 3 is 3.17 bits per heavy atom. The Hall–Kier alpha value is -2.55. The van der Waals surface area contributed by atoms with Crippen LogP contribution < -0.4 is 10.1 Å². The van der Waals surface area contributed by atoms with Gasteiger partial charge in [-0.15, -0.1) is 5.10 Å². The van der Waals surface area contributed by atoms with Crippen molar-refractivity contribution in [3.63, 3.8) is 0 Å². The van der Waals surface area contributed by atoms with E-state index in [1.54, 1.807) is 6.20 Å². The van der Waals surface area contributed by atoms with Gasteiger partial charge in [-0.25, -0.2) is 4.68 Å². The highest BCUT2D eigenvalue weighted by atomic mass is 16.5. The van der Waals surface area contributed by atoms with E-state index in [2.05, 4.69) is 25.8 Å². The van der Waals surface area contributed by atoms with Gasteiger partial charge in [0.25, 0.3) is 0 Å². The van der Waals surface area contributed by atoms with Gasteiger partial charge in [0.05, 0.1) is 25.4 Å². The number of hydrogen-bond donors (Lipinski definition) is 1. The largest absolute Gasteiger partial charge is 0.484 e. The second kappa shape index (κ2) is 7.82. The van der Waals surface area contributed by atoms with E-state index in [1.807, 2.05) is 19.1 Å². The molecule has 9 nitrogen and oxygen atoms in total. The predicted octanol–water partition coefficient (Wildman–Crippen LogP) is 0.119. The summed E-state index contributed by atoms with van der Waals surface area (Å²) >= 11 is 0. The van der Waals surface area contributed by atoms with E-state index in [-0.39, 0.29) is 18.1 Å². The molecule has 0 bridgehead atoms. The number of rotatable bonds is 6. The number of tetrazole rings is 1. The summed E-state index contributed by atoms with van der Waals surface area (Å²) in [6.07, 6.45) is 3.95. The molecule has 0 spiro atoms. The van der Waals surface area contributed by atoms with Crippen LogP contribution in [0.5, 0.6) is 5.75 Å². The van der Waals surface area contributed by atoms with Crippen molar-refractivity contribution in [2.45, 2.75) is 38.5 Å². The highest BCUT2D eigenvalue weighted by Crippen LogP contribution is 2.17. The molecule has 1 fully saturated rings. The number of nitrogens with zero attached hydrogens (tertiary/aromatic N) is 5. The van der Waals surface area contributed by atoms with Crippen molar-refractivity contribution < 1.29 is 14.3 Å². The maximum absolute atomic E-state index is 12.1. The minimum Gasteiger partial charge on any atom is -0.484 e. The highest BCUT2D eigenvalue weighted by Gasteiger charge is 2.29. The van der Waals surface area contributed by atoms with Crippen LogP contribution in [0.15, 0.2) is 24.7 Å². The second-order valence-electron chi connectivity index (χ2n) is 5.65. The number of carbonyl (C=O) groups is 1. The third-order valence-corrected chi connectivity index (χ3v) is 3.78. The van der Waals surface area contributed by atoms with Crippen LogP contribution >= 0.6 is 0 Å². The Bertz CT molecular complexity index is 646. The first-order valence-electron chi connectivity index (χ1n) is 7.88. The molecule has 24 heavy (non-hydrogen) atoms. The van der Waals surface area contributed by atoms with Gasteiger partial charge >= 0.3 is 0 Å². The molecule has 128 valence electrons. The van der Waals surface area contributed by atoms with Crippen LogP contribution in [0.4, 0.5) is 0 Å². The predicted molar refractivity (Wildman–Crippen MR) is 83.2 cm³/mol. The zero-order chi connectivity index (χ0) is 16.8. The summed E-state index contributed by atoms with van der Waals surface area (Å²) in [6.45, 7) is 3.40. The fraction of sp³-hybridized carbons (Fsp3) is 0.533. The summed E-state index contributed by atoms with van der Waals surface area (Å²) in [5.74, 6) is 0.608. The van der Waals surface area contributed by atoms with Gasteiger partial charge in [0.1, 0.15) is 18.2 Å². The highest BCUT2D eigenvalue weighted by molar-refractivity contribution is 5.76. The molecular formula is C15H20N6O3. The topological polar surface area (TPSA) is 104 Å². The molecule has 2 aromatic heterocycles. The molecule has 2 aromatic rings. The van der Waals surface area contributed by atoms with Gasteiger partial charge in [0.15, 0.2) is 0 Å². The molecule has 0 unspecified atom stereocenters. The SMILES string of the molecule is Cc1ccc(O[C@@H]2COCC[C@@H]2NC(=O)CCn2cnnn2)cn1. The molecule has 2 atom stereocenters. The van der Waals surface area contributed by atoms with Gasteiger partial charge in [-0.1, -0.05) is 0 Å². The fourth-order valence-corrected chi connectivity index (χ4v) is 2.47. The molecule has 1 N–H and O–H groups in total. The number of hydrogen-bond acceptors (Lipinski definition) is 7. The van der Waals surface area contributed by atoms with Crippen molar-refractivity contribution in [2.24, 2.45) is 0 Å². The van der Waals surface area contributed by atoms with E-state index in [0.717, 1.165) is 5.69 Å². The lowest BCUT2D eigenvalue weighted by Gasteiger charge is -2.32. The molecule has 1 aliphatic heterocycles. The van der Waals surface area contributed by atoms with Crippen LogP contribution in [0, 0.1) is 6.92 Å². The Kier molecular flexibility index (Phi) is 5.32.